The van der Waals surface area contributed by atoms with Crippen LogP contribution in [-0.4, -0.2) is 27.5 Å². The highest BCUT2D eigenvalue weighted by molar-refractivity contribution is 5.74. The van der Waals surface area contributed by atoms with Crippen LogP contribution in [0.3, 0.4) is 0 Å². The van der Waals surface area contributed by atoms with Gasteiger partial charge in [-0.15, -0.1) is 0 Å². The predicted octanol–water partition coefficient (Wildman–Crippen LogP) is 2.37. The number of rotatable bonds is 2. The van der Waals surface area contributed by atoms with Crippen molar-refractivity contribution in [2.24, 2.45) is 0 Å². The molecule has 1 unspecified atom stereocenters. The number of hydrogen-bond donors (Lipinski definition) is 1. The van der Waals surface area contributed by atoms with E-state index in [0.29, 0.717) is 6.04 Å². The zero-order valence-corrected chi connectivity index (χ0v) is 17.9. The van der Waals surface area contributed by atoms with Gasteiger partial charge in [0.1, 0.15) is 0 Å². The Balaban J connectivity index is 1.33. The molecular weight excluding hydrogens is 386 g/mol. The van der Waals surface area contributed by atoms with Crippen LogP contribution in [0.1, 0.15) is 50.6 Å². The Morgan fingerprint density at radius 3 is 2.68 bits per heavy atom. The van der Waals surface area contributed by atoms with E-state index in [-0.39, 0.29) is 5.54 Å². The third kappa shape index (κ3) is 2.79. The van der Waals surface area contributed by atoms with E-state index in [1.165, 1.54) is 22.4 Å². The van der Waals surface area contributed by atoms with Crippen LogP contribution in [0.15, 0.2) is 52.1 Å². The van der Waals surface area contributed by atoms with Gasteiger partial charge in [0, 0.05) is 24.7 Å². The van der Waals surface area contributed by atoms with Crippen molar-refractivity contribution in [2.75, 3.05) is 13.1 Å². The SMILES string of the molecule is CC1(n2c(=O)c(=O)[nH]c3ccccc32)CCN(C2CC3=c4c2cccc4=CCC3)CC1. The number of nitrogens with one attached hydrogen (secondary N) is 1. The largest absolute Gasteiger partial charge is 0.317 e. The molecule has 1 aliphatic heterocycles. The van der Waals surface area contributed by atoms with Crippen LogP contribution in [0.2, 0.25) is 0 Å². The molecule has 1 atom stereocenters. The minimum atomic E-state index is -0.534. The minimum absolute atomic E-state index is 0.362. The zero-order valence-electron chi connectivity index (χ0n) is 17.9. The number of hydrogen-bond acceptors (Lipinski definition) is 3. The number of nitrogens with zero attached hydrogens (tertiary/aromatic N) is 2. The Labute approximate surface area is 180 Å². The molecule has 2 aliphatic carbocycles. The van der Waals surface area contributed by atoms with E-state index in [1.807, 2.05) is 24.3 Å². The lowest BCUT2D eigenvalue weighted by molar-refractivity contribution is 0.0907. The monoisotopic (exact) mass is 413 g/mol. The van der Waals surface area contributed by atoms with E-state index in [2.05, 4.69) is 41.1 Å². The van der Waals surface area contributed by atoms with Gasteiger partial charge in [0.15, 0.2) is 0 Å². The fraction of sp³-hybridized carbons (Fsp3) is 0.385. The van der Waals surface area contributed by atoms with Crippen molar-refractivity contribution in [1.82, 2.24) is 14.5 Å². The summed E-state index contributed by atoms with van der Waals surface area (Å²) in [4.78, 5) is 30.6. The molecule has 5 nitrogen and oxygen atoms in total. The Bertz CT molecular complexity index is 1440. The lowest BCUT2D eigenvalue weighted by Crippen LogP contribution is -2.52. The number of piperidine rings is 1. The average molecular weight is 414 g/mol. The molecule has 1 fully saturated rings. The van der Waals surface area contributed by atoms with Crippen LogP contribution in [0.25, 0.3) is 22.7 Å². The summed E-state index contributed by atoms with van der Waals surface area (Å²) in [5.41, 5.74) is 3.29. The summed E-state index contributed by atoms with van der Waals surface area (Å²) in [6.07, 6.45) is 7.54. The van der Waals surface area contributed by atoms with Crippen LogP contribution < -0.4 is 21.6 Å². The van der Waals surface area contributed by atoms with Gasteiger partial charge in [-0.3, -0.25) is 19.1 Å². The minimum Gasteiger partial charge on any atom is -0.316 e. The van der Waals surface area contributed by atoms with Gasteiger partial charge >= 0.3 is 11.1 Å². The van der Waals surface area contributed by atoms with Gasteiger partial charge in [0.05, 0.1) is 11.0 Å². The van der Waals surface area contributed by atoms with Crippen molar-refractivity contribution in [2.45, 2.75) is 50.6 Å². The molecule has 5 heteroatoms. The third-order valence-electron chi connectivity index (χ3n) is 7.74. The summed E-state index contributed by atoms with van der Waals surface area (Å²) >= 11 is 0. The lowest BCUT2D eigenvalue weighted by Gasteiger charge is -2.43. The Morgan fingerprint density at radius 2 is 1.84 bits per heavy atom. The summed E-state index contributed by atoms with van der Waals surface area (Å²) in [5, 5.41) is 2.91. The zero-order chi connectivity index (χ0) is 21.2. The normalized spacial score (nSPS) is 22.4. The molecule has 158 valence electrons. The van der Waals surface area contributed by atoms with Crippen molar-refractivity contribution < 1.29 is 0 Å². The maximum absolute atomic E-state index is 12.9. The second-order valence-electron chi connectivity index (χ2n) is 9.52. The van der Waals surface area contributed by atoms with Gasteiger partial charge in [-0.05, 0) is 67.2 Å². The van der Waals surface area contributed by atoms with Crippen molar-refractivity contribution >= 4 is 22.7 Å². The molecule has 0 bridgehead atoms. The first-order valence-corrected chi connectivity index (χ1v) is 11.3. The van der Waals surface area contributed by atoms with Gasteiger partial charge in [-0.1, -0.05) is 42.0 Å². The first-order valence-electron chi connectivity index (χ1n) is 11.3. The second kappa shape index (κ2) is 6.79. The Hall–Kier alpha value is -2.92. The third-order valence-corrected chi connectivity index (χ3v) is 7.74. The van der Waals surface area contributed by atoms with Crippen molar-refractivity contribution in [1.29, 1.82) is 0 Å². The number of aromatic nitrogens is 2. The van der Waals surface area contributed by atoms with Crippen LogP contribution in [0.5, 0.6) is 0 Å². The number of fused-ring (bicyclic) bond motifs is 1. The molecule has 1 saturated heterocycles. The Morgan fingerprint density at radius 1 is 1.03 bits per heavy atom. The van der Waals surface area contributed by atoms with E-state index in [1.54, 1.807) is 10.1 Å². The second-order valence-corrected chi connectivity index (χ2v) is 9.52. The molecule has 2 aromatic carbocycles. The van der Waals surface area contributed by atoms with E-state index in [0.717, 1.165) is 49.8 Å². The molecule has 3 aromatic rings. The standard InChI is InChI=1S/C26H27N3O2/c1-26(29-21-11-3-2-10-20(21)27-24(30)25(29)31)12-14-28(15-13-26)22-16-18-8-4-6-17-7-5-9-19(22)23(17)18/h2-3,5-7,9-11,22H,4,8,12-16H2,1H3,(H,27,30). The molecule has 1 aromatic heterocycles. The molecule has 0 amide bonds. The number of aromatic amines is 1. The highest BCUT2D eigenvalue weighted by Crippen LogP contribution is 2.38. The summed E-state index contributed by atoms with van der Waals surface area (Å²) in [7, 11) is 0. The van der Waals surface area contributed by atoms with Crippen molar-refractivity contribution in [3.05, 3.63) is 79.2 Å². The van der Waals surface area contributed by atoms with E-state index in [4.69, 9.17) is 0 Å². The van der Waals surface area contributed by atoms with Crippen molar-refractivity contribution in [3.8, 4) is 0 Å². The molecule has 31 heavy (non-hydrogen) atoms. The van der Waals surface area contributed by atoms with Crippen LogP contribution in [0, 0.1) is 0 Å². The van der Waals surface area contributed by atoms with Crippen LogP contribution in [-0.2, 0) is 5.54 Å². The average Bonchev–Trinajstić information content (AvgIpc) is 3.16. The van der Waals surface area contributed by atoms with Crippen LogP contribution >= 0.6 is 0 Å². The fourth-order valence-electron chi connectivity index (χ4n) is 6.08. The van der Waals surface area contributed by atoms with Gasteiger partial charge in [0.25, 0.3) is 0 Å². The van der Waals surface area contributed by atoms with E-state index >= 15 is 0 Å². The van der Waals surface area contributed by atoms with E-state index < -0.39 is 11.1 Å². The summed E-state index contributed by atoms with van der Waals surface area (Å²) in [5.74, 6) is 0. The molecule has 1 N–H and O–H groups in total. The molecule has 0 spiro atoms. The molecule has 0 saturated carbocycles. The predicted molar refractivity (Wildman–Crippen MR) is 123 cm³/mol. The number of likely N-dealkylation sites (tertiary alicyclic amines) is 1. The summed E-state index contributed by atoms with van der Waals surface area (Å²) in [6.45, 7) is 3.99. The first kappa shape index (κ1) is 18.8. The van der Waals surface area contributed by atoms with Gasteiger partial charge in [0.2, 0.25) is 0 Å². The highest BCUT2D eigenvalue weighted by Gasteiger charge is 2.38. The number of para-hydroxylation sites is 2. The molecule has 3 aliphatic rings. The molecule has 2 heterocycles. The van der Waals surface area contributed by atoms with E-state index in [9.17, 15) is 9.59 Å². The molecular formula is C26H27N3O2. The lowest BCUT2D eigenvalue weighted by atomic mass is 9.87. The molecule has 6 rings (SSSR count). The number of benzene rings is 2. The highest BCUT2D eigenvalue weighted by atomic mass is 16.2. The smallest absolute Gasteiger partial charge is 0.316 e. The van der Waals surface area contributed by atoms with Crippen molar-refractivity contribution in [3.63, 3.8) is 0 Å². The molecule has 0 radical (unpaired) electrons. The van der Waals surface area contributed by atoms with Gasteiger partial charge in [-0.25, -0.2) is 0 Å². The summed E-state index contributed by atoms with van der Waals surface area (Å²) < 4.78 is 1.76. The maximum Gasteiger partial charge on any atom is 0.317 e. The first-order chi connectivity index (χ1) is 15.0. The quantitative estimate of drug-likeness (QED) is 0.657. The van der Waals surface area contributed by atoms with Crippen LogP contribution in [0.4, 0.5) is 0 Å². The number of H-pyrrole nitrogens is 1. The summed E-state index contributed by atoms with van der Waals surface area (Å²) in [6, 6.07) is 14.8. The fourth-order valence-corrected chi connectivity index (χ4v) is 6.08. The Kier molecular flexibility index (Phi) is 4.12. The van der Waals surface area contributed by atoms with Gasteiger partial charge in [-0.2, -0.15) is 0 Å². The van der Waals surface area contributed by atoms with Gasteiger partial charge < -0.3 is 4.98 Å². The maximum atomic E-state index is 12.9. The topological polar surface area (TPSA) is 58.1 Å².